The minimum Gasteiger partial charge on any atom is -0.378 e. The van der Waals surface area contributed by atoms with Crippen LogP contribution < -0.4 is 5.32 Å². The molecular weight excluding hydrogens is 226 g/mol. The minimum atomic E-state index is 0.383. The maximum Gasteiger partial charge on any atom is 0.109 e. The van der Waals surface area contributed by atoms with Crippen molar-refractivity contribution in [2.75, 3.05) is 13.2 Å². The third kappa shape index (κ3) is 2.08. The molecule has 4 heteroatoms. The van der Waals surface area contributed by atoms with Crippen molar-refractivity contribution in [1.29, 1.82) is 0 Å². The second-order valence-electron chi connectivity index (χ2n) is 5.43. The molecule has 2 atom stereocenters. The van der Waals surface area contributed by atoms with E-state index >= 15 is 0 Å². The van der Waals surface area contributed by atoms with Crippen molar-refractivity contribution in [2.45, 2.75) is 58.2 Å². The van der Waals surface area contributed by atoms with Gasteiger partial charge in [0.1, 0.15) is 5.82 Å². The van der Waals surface area contributed by atoms with E-state index in [-0.39, 0.29) is 0 Å². The predicted octanol–water partition coefficient (Wildman–Crippen LogP) is 1.83. The summed E-state index contributed by atoms with van der Waals surface area (Å²) in [5.41, 5.74) is 2.75. The van der Waals surface area contributed by atoms with Crippen molar-refractivity contribution in [3.63, 3.8) is 0 Å². The van der Waals surface area contributed by atoms with E-state index in [0.717, 1.165) is 45.4 Å². The molecule has 18 heavy (non-hydrogen) atoms. The van der Waals surface area contributed by atoms with Crippen LogP contribution in [0.2, 0.25) is 0 Å². The third-order valence-corrected chi connectivity index (χ3v) is 4.14. The molecule has 0 radical (unpaired) electrons. The van der Waals surface area contributed by atoms with E-state index < -0.39 is 0 Å². The van der Waals surface area contributed by atoms with E-state index in [1.165, 1.54) is 17.2 Å². The number of rotatable bonds is 2. The Hall–Kier alpha value is -0.870. The lowest BCUT2D eigenvalue weighted by atomic mass is 10.0. The van der Waals surface area contributed by atoms with Gasteiger partial charge in [0.2, 0.25) is 0 Å². The van der Waals surface area contributed by atoms with Crippen molar-refractivity contribution in [3.05, 3.63) is 17.2 Å². The molecule has 2 aliphatic rings. The average Bonchev–Trinajstić information content (AvgIpc) is 2.77. The smallest absolute Gasteiger partial charge is 0.109 e. The van der Waals surface area contributed by atoms with Gasteiger partial charge in [-0.25, -0.2) is 4.98 Å². The molecule has 0 aliphatic carbocycles. The Balaban J connectivity index is 1.96. The van der Waals surface area contributed by atoms with Crippen molar-refractivity contribution < 1.29 is 4.74 Å². The van der Waals surface area contributed by atoms with Crippen LogP contribution in [0.4, 0.5) is 0 Å². The summed E-state index contributed by atoms with van der Waals surface area (Å²) in [6.45, 7) is 7.30. The van der Waals surface area contributed by atoms with Crippen LogP contribution in [0, 0.1) is 0 Å². The van der Waals surface area contributed by atoms with Gasteiger partial charge >= 0.3 is 0 Å². The fourth-order valence-electron chi connectivity index (χ4n) is 3.28. The molecule has 0 aromatic carbocycles. The van der Waals surface area contributed by atoms with E-state index in [0.29, 0.717) is 12.1 Å². The number of ether oxygens (including phenoxy) is 1. The Bertz CT molecular complexity index is 427. The van der Waals surface area contributed by atoms with E-state index in [1.807, 2.05) is 0 Å². The van der Waals surface area contributed by atoms with Gasteiger partial charge in [0, 0.05) is 44.3 Å². The molecule has 3 heterocycles. The largest absolute Gasteiger partial charge is 0.378 e. The lowest BCUT2D eigenvalue weighted by Crippen LogP contribution is -2.30. The molecule has 0 amide bonds. The van der Waals surface area contributed by atoms with E-state index in [2.05, 4.69) is 23.7 Å². The molecule has 1 saturated heterocycles. The van der Waals surface area contributed by atoms with Crippen LogP contribution in [0.5, 0.6) is 0 Å². The lowest BCUT2D eigenvalue weighted by Gasteiger charge is -2.31. The first-order valence-electron chi connectivity index (χ1n) is 7.20. The quantitative estimate of drug-likeness (QED) is 0.869. The highest BCUT2D eigenvalue weighted by atomic mass is 16.5. The van der Waals surface area contributed by atoms with Crippen LogP contribution >= 0.6 is 0 Å². The first-order chi connectivity index (χ1) is 8.79. The fraction of sp³-hybridized carbons (Fsp3) is 0.786. The zero-order valence-electron chi connectivity index (χ0n) is 11.4. The van der Waals surface area contributed by atoms with Gasteiger partial charge < -0.3 is 14.6 Å². The Morgan fingerprint density at radius 3 is 3.17 bits per heavy atom. The second-order valence-corrected chi connectivity index (χ2v) is 5.43. The third-order valence-electron chi connectivity index (χ3n) is 4.14. The molecule has 0 bridgehead atoms. The molecule has 4 nitrogen and oxygen atoms in total. The number of nitrogens with one attached hydrogen (secondary N) is 1. The van der Waals surface area contributed by atoms with Crippen LogP contribution in [-0.4, -0.2) is 28.8 Å². The number of fused-ring (bicyclic) bond motifs is 1. The Kier molecular flexibility index (Phi) is 3.39. The van der Waals surface area contributed by atoms with E-state index in [4.69, 9.17) is 9.72 Å². The van der Waals surface area contributed by atoms with E-state index in [9.17, 15) is 0 Å². The number of nitrogens with zero attached hydrogens (tertiary/aromatic N) is 2. The van der Waals surface area contributed by atoms with Crippen molar-refractivity contribution in [1.82, 2.24) is 14.9 Å². The van der Waals surface area contributed by atoms with Crippen molar-refractivity contribution in [2.24, 2.45) is 0 Å². The number of aryl methyl sites for hydroxylation is 1. The van der Waals surface area contributed by atoms with Gasteiger partial charge in [0.15, 0.2) is 0 Å². The molecule has 2 aliphatic heterocycles. The summed E-state index contributed by atoms with van der Waals surface area (Å²) in [6.07, 6.45) is 4.79. The lowest BCUT2D eigenvalue weighted by molar-refractivity contribution is 0.00491. The van der Waals surface area contributed by atoms with Crippen LogP contribution in [0.3, 0.4) is 0 Å². The fourth-order valence-corrected chi connectivity index (χ4v) is 3.28. The number of hydrogen-bond donors (Lipinski definition) is 1. The van der Waals surface area contributed by atoms with Gasteiger partial charge in [-0.15, -0.1) is 0 Å². The van der Waals surface area contributed by atoms with Gasteiger partial charge in [0.25, 0.3) is 0 Å². The van der Waals surface area contributed by atoms with Crippen LogP contribution in [0.25, 0.3) is 0 Å². The van der Waals surface area contributed by atoms with Crippen LogP contribution in [0.1, 0.15) is 49.9 Å². The standard InChI is InChI=1S/C14H23N3O/c1-3-14-16-12-9-15-6-4-13(12)17(14)11-5-7-18-10(2)8-11/h10-11,15H,3-9H2,1-2H3. The molecule has 0 spiro atoms. The first kappa shape index (κ1) is 12.2. The predicted molar refractivity (Wildman–Crippen MR) is 70.7 cm³/mol. The summed E-state index contributed by atoms with van der Waals surface area (Å²) >= 11 is 0. The minimum absolute atomic E-state index is 0.383. The highest BCUT2D eigenvalue weighted by Gasteiger charge is 2.27. The summed E-state index contributed by atoms with van der Waals surface area (Å²) in [6, 6.07) is 0.595. The first-order valence-corrected chi connectivity index (χ1v) is 7.20. The highest BCUT2D eigenvalue weighted by Crippen LogP contribution is 2.30. The Morgan fingerprint density at radius 1 is 1.50 bits per heavy atom. The van der Waals surface area contributed by atoms with Crippen molar-refractivity contribution in [3.8, 4) is 0 Å². The molecule has 1 N–H and O–H groups in total. The summed E-state index contributed by atoms with van der Waals surface area (Å²) in [5, 5.41) is 3.42. The Labute approximate surface area is 109 Å². The monoisotopic (exact) mass is 249 g/mol. The maximum atomic E-state index is 5.68. The molecule has 1 aromatic rings. The molecular formula is C14H23N3O. The molecule has 100 valence electrons. The summed E-state index contributed by atoms with van der Waals surface area (Å²) < 4.78 is 8.21. The van der Waals surface area contributed by atoms with Crippen molar-refractivity contribution >= 4 is 0 Å². The highest BCUT2D eigenvalue weighted by molar-refractivity contribution is 5.21. The topological polar surface area (TPSA) is 39.1 Å². The molecule has 3 rings (SSSR count). The molecule has 2 unspecified atom stereocenters. The zero-order chi connectivity index (χ0) is 12.5. The number of imidazole rings is 1. The van der Waals surface area contributed by atoms with Crippen LogP contribution in [0.15, 0.2) is 0 Å². The Morgan fingerprint density at radius 2 is 2.39 bits per heavy atom. The normalized spacial score (nSPS) is 28.1. The average molecular weight is 249 g/mol. The SMILES string of the molecule is CCc1nc2c(n1C1CCOC(C)C1)CCNC2. The molecule has 1 aromatic heterocycles. The van der Waals surface area contributed by atoms with E-state index in [1.54, 1.807) is 0 Å². The van der Waals surface area contributed by atoms with Gasteiger partial charge in [-0.1, -0.05) is 6.92 Å². The number of aromatic nitrogens is 2. The zero-order valence-corrected chi connectivity index (χ0v) is 11.4. The van der Waals surface area contributed by atoms with Gasteiger partial charge in [-0.05, 0) is 19.8 Å². The second kappa shape index (κ2) is 5.02. The summed E-state index contributed by atoms with van der Waals surface area (Å²) in [7, 11) is 0. The summed E-state index contributed by atoms with van der Waals surface area (Å²) in [5.74, 6) is 1.27. The van der Waals surface area contributed by atoms with Gasteiger partial charge in [-0.2, -0.15) is 0 Å². The number of hydrogen-bond acceptors (Lipinski definition) is 3. The van der Waals surface area contributed by atoms with Gasteiger partial charge in [0.05, 0.1) is 11.8 Å². The van der Waals surface area contributed by atoms with Gasteiger partial charge in [-0.3, -0.25) is 0 Å². The molecule has 0 saturated carbocycles. The molecule has 1 fully saturated rings. The van der Waals surface area contributed by atoms with Crippen LogP contribution in [-0.2, 0) is 24.1 Å². The summed E-state index contributed by atoms with van der Waals surface area (Å²) in [4.78, 5) is 4.83. The maximum absolute atomic E-state index is 5.68.